The highest BCUT2D eigenvalue weighted by Crippen LogP contribution is 2.26. The Balaban J connectivity index is 2.13. The van der Waals surface area contributed by atoms with Gasteiger partial charge in [-0.3, -0.25) is 0 Å². The second-order valence-corrected chi connectivity index (χ2v) is 3.75. The molecule has 0 atom stereocenters. The third-order valence-corrected chi connectivity index (χ3v) is 2.24. The molecular formula is C12H11F3N2O2. The van der Waals surface area contributed by atoms with Crippen molar-refractivity contribution in [3.8, 4) is 17.2 Å². The Kier molecular flexibility index (Phi) is 3.75. The van der Waals surface area contributed by atoms with E-state index in [1.807, 2.05) is 0 Å². The van der Waals surface area contributed by atoms with Gasteiger partial charge in [0.2, 0.25) is 5.89 Å². The van der Waals surface area contributed by atoms with Crippen LogP contribution in [0.1, 0.15) is 5.69 Å². The zero-order valence-electron chi connectivity index (χ0n) is 9.99. The molecule has 1 N–H and O–H groups in total. The van der Waals surface area contributed by atoms with E-state index in [0.29, 0.717) is 23.7 Å². The molecule has 0 unspecified atom stereocenters. The van der Waals surface area contributed by atoms with Gasteiger partial charge in [0, 0.05) is 12.1 Å². The summed E-state index contributed by atoms with van der Waals surface area (Å²) in [6.07, 6.45) is -3.20. The maximum atomic E-state index is 12.0. The van der Waals surface area contributed by atoms with E-state index in [9.17, 15) is 13.2 Å². The zero-order valence-corrected chi connectivity index (χ0v) is 9.99. The minimum absolute atomic E-state index is 0.279. The SMILES string of the molecule is CNCc1coc(-c2ccc(OC(F)(F)F)cc2)n1. The summed E-state index contributed by atoms with van der Waals surface area (Å²) >= 11 is 0. The van der Waals surface area contributed by atoms with Crippen LogP contribution in [0.5, 0.6) is 5.75 Å². The molecule has 4 nitrogen and oxygen atoms in total. The van der Waals surface area contributed by atoms with Crippen LogP contribution in [0.2, 0.25) is 0 Å². The number of rotatable bonds is 4. The lowest BCUT2D eigenvalue weighted by molar-refractivity contribution is -0.274. The lowest BCUT2D eigenvalue weighted by Gasteiger charge is -2.08. The van der Waals surface area contributed by atoms with Crippen molar-refractivity contribution < 1.29 is 22.3 Å². The third-order valence-electron chi connectivity index (χ3n) is 2.24. The number of halogens is 3. The number of alkyl halides is 3. The summed E-state index contributed by atoms with van der Waals surface area (Å²) in [5.41, 5.74) is 1.30. The molecule has 0 radical (unpaired) electrons. The van der Waals surface area contributed by atoms with Gasteiger partial charge >= 0.3 is 6.36 Å². The second kappa shape index (κ2) is 5.31. The van der Waals surface area contributed by atoms with Crippen LogP contribution in [0, 0.1) is 0 Å². The van der Waals surface area contributed by atoms with E-state index in [2.05, 4.69) is 15.0 Å². The predicted octanol–water partition coefficient (Wildman–Crippen LogP) is 2.96. The molecule has 0 aliphatic carbocycles. The van der Waals surface area contributed by atoms with Crippen LogP contribution in [0.4, 0.5) is 13.2 Å². The molecule has 0 aliphatic heterocycles. The molecule has 2 rings (SSSR count). The van der Waals surface area contributed by atoms with Crippen molar-refractivity contribution in [1.29, 1.82) is 0 Å². The molecular weight excluding hydrogens is 261 g/mol. The summed E-state index contributed by atoms with van der Waals surface area (Å²) in [6.45, 7) is 0.554. The molecule has 0 fully saturated rings. The number of nitrogens with zero attached hydrogens (tertiary/aromatic N) is 1. The maximum Gasteiger partial charge on any atom is 0.573 e. The fourth-order valence-corrected chi connectivity index (χ4v) is 1.50. The summed E-state index contributed by atoms with van der Waals surface area (Å²) in [6, 6.07) is 5.33. The van der Waals surface area contributed by atoms with Gasteiger partial charge in [-0.1, -0.05) is 0 Å². The summed E-state index contributed by atoms with van der Waals surface area (Å²) in [7, 11) is 1.78. The van der Waals surface area contributed by atoms with Gasteiger partial charge in [-0.2, -0.15) is 0 Å². The van der Waals surface area contributed by atoms with Crippen molar-refractivity contribution in [3.63, 3.8) is 0 Å². The van der Waals surface area contributed by atoms with Crippen molar-refractivity contribution in [2.45, 2.75) is 12.9 Å². The number of hydrogen-bond donors (Lipinski definition) is 1. The van der Waals surface area contributed by atoms with E-state index in [1.54, 1.807) is 7.05 Å². The van der Waals surface area contributed by atoms with Crippen LogP contribution in [0.15, 0.2) is 34.9 Å². The van der Waals surface area contributed by atoms with Crippen LogP contribution in [0.25, 0.3) is 11.5 Å². The van der Waals surface area contributed by atoms with Gasteiger partial charge in [-0.15, -0.1) is 13.2 Å². The standard InChI is InChI=1S/C12H11F3N2O2/c1-16-6-9-7-18-11(17-9)8-2-4-10(5-3-8)19-12(13,14)15/h2-5,7,16H,6H2,1H3. The zero-order chi connectivity index (χ0) is 13.9. The molecule has 0 spiro atoms. The lowest BCUT2D eigenvalue weighted by atomic mass is 10.2. The molecule has 0 aliphatic rings. The first-order chi connectivity index (χ1) is 8.98. The van der Waals surface area contributed by atoms with Gasteiger partial charge in [0.25, 0.3) is 0 Å². The van der Waals surface area contributed by atoms with Crippen LogP contribution >= 0.6 is 0 Å². The molecule has 2 aromatic rings. The van der Waals surface area contributed by atoms with Gasteiger partial charge < -0.3 is 14.5 Å². The van der Waals surface area contributed by atoms with Gasteiger partial charge in [-0.25, -0.2) is 4.98 Å². The Hall–Kier alpha value is -2.02. The molecule has 102 valence electrons. The Morgan fingerprint density at radius 2 is 1.95 bits per heavy atom. The summed E-state index contributed by atoms with van der Waals surface area (Å²) in [5.74, 6) is 0.0714. The lowest BCUT2D eigenvalue weighted by Crippen LogP contribution is -2.16. The number of aromatic nitrogens is 1. The van der Waals surface area contributed by atoms with E-state index >= 15 is 0 Å². The highest BCUT2D eigenvalue weighted by molar-refractivity contribution is 5.54. The third kappa shape index (κ3) is 3.72. The van der Waals surface area contributed by atoms with E-state index in [-0.39, 0.29) is 5.75 Å². The van der Waals surface area contributed by atoms with Crippen molar-refractivity contribution in [2.75, 3.05) is 7.05 Å². The topological polar surface area (TPSA) is 47.3 Å². The average molecular weight is 272 g/mol. The average Bonchev–Trinajstić information content (AvgIpc) is 2.77. The largest absolute Gasteiger partial charge is 0.573 e. The Labute approximate surface area is 107 Å². The fourth-order valence-electron chi connectivity index (χ4n) is 1.50. The van der Waals surface area contributed by atoms with Gasteiger partial charge in [-0.05, 0) is 31.3 Å². The minimum atomic E-state index is -4.69. The quantitative estimate of drug-likeness (QED) is 0.929. The molecule has 0 amide bonds. The first-order valence-corrected chi connectivity index (χ1v) is 5.43. The van der Waals surface area contributed by atoms with E-state index in [0.717, 1.165) is 0 Å². The van der Waals surface area contributed by atoms with Gasteiger partial charge in [0.05, 0.1) is 5.69 Å². The molecule has 7 heteroatoms. The molecule has 0 saturated carbocycles. The molecule has 19 heavy (non-hydrogen) atoms. The summed E-state index contributed by atoms with van der Waals surface area (Å²) in [4.78, 5) is 4.18. The number of hydrogen-bond acceptors (Lipinski definition) is 4. The Morgan fingerprint density at radius 1 is 1.26 bits per heavy atom. The fraction of sp³-hybridized carbons (Fsp3) is 0.250. The van der Waals surface area contributed by atoms with Gasteiger partial charge in [0.15, 0.2) is 0 Å². The molecule has 1 aromatic carbocycles. The van der Waals surface area contributed by atoms with Crippen LogP contribution in [-0.2, 0) is 6.54 Å². The van der Waals surface area contributed by atoms with Crippen molar-refractivity contribution in [1.82, 2.24) is 10.3 Å². The Bertz CT molecular complexity index is 535. The number of benzene rings is 1. The van der Waals surface area contributed by atoms with Crippen molar-refractivity contribution >= 4 is 0 Å². The van der Waals surface area contributed by atoms with E-state index in [4.69, 9.17) is 4.42 Å². The van der Waals surface area contributed by atoms with E-state index < -0.39 is 6.36 Å². The number of nitrogens with one attached hydrogen (secondary N) is 1. The van der Waals surface area contributed by atoms with Crippen molar-refractivity contribution in [2.24, 2.45) is 0 Å². The highest BCUT2D eigenvalue weighted by atomic mass is 19.4. The van der Waals surface area contributed by atoms with Crippen LogP contribution in [-0.4, -0.2) is 18.4 Å². The first-order valence-electron chi connectivity index (χ1n) is 5.43. The number of oxazole rings is 1. The Morgan fingerprint density at radius 3 is 2.53 bits per heavy atom. The van der Waals surface area contributed by atoms with Crippen LogP contribution in [0.3, 0.4) is 0 Å². The molecule has 1 aromatic heterocycles. The maximum absolute atomic E-state index is 12.0. The summed E-state index contributed by atoms with van der Waals surface area (Å²) in [5, 5.41) is 2.92. The minimum Gasteiger partial charge on any atom is -0.444 e. The molecule has 1 heterocycles. The molecule has 0 bridgehead atoms. The van der Waals surface area contributed by atoms with E-state index in [1.165, 1.54) is 30.5 Å². The summed E-state index contributed by atoms with van der Waals surface area (Å²) < 4.78 is 45.0. The predicted molar refractivity (Wildman–Crippen MR) is 61.4 cm³/mol. The van der Waals surface area contributed by atoms with Crippen LogP contribution < -0.4 is 10.1 Å². The monoisotopic (exact) mass is 272 g/mol. The van der Waals surface area contributed by atoms with Crippen molar-refractivity contribution in [3.05, 3.63) is 36.2 Å². The first kappa shape index (κ1) is 13.4. The highest BCUT2D eigenvalue weighted by Gasteiger charge is 2.31. The smallest absolute Gasteiger partial charge is 0.444 e. The second-order valence-electron chi connectivity index (χ2n) is 3.75. The normalized spacial score (nSPS) is 11.6. The van der Waals surface area contributed by atoms with Gasteiger partial charge in [0.1, 0.15) is 12.0 Å². The molecule has 0 saturated heterocycles. The number of ether oxygens (including phenoxy) is 1.